The SMILES string of the molecule is COc1ccc(C(=O)N[C@H](C)[C@@H]2CCCO2)cc1. The van der Waals surface area contributed by atoms with Gasteiger partial charge < -0.3 is 14.8 Å². The van der Waals surface area contributed by atoms with Crippen molar-refractivity contribution < 1.29 is 14.3 Å². The lowest BCUT2D eigenvalue weighted by molar-refractivity contribution is 0.0712. The fraction of sp³-hybridized carbons (Fsp3) is 0.500. The first kappa shape index (κ1) is 12.9. The average molecular weight is 249 g/mol. The molecule has 1 amide bonds. The molecule has 1 fully saturated rings. The molecule has 2 atom stereocenters. The minimum Gasteiger partial charge on any atom is -0.497 e. The number of methoxy groups -OCH3 is 1. The lowest BCUT2D eigenvalue weighted by atomic mass is 10.1. The van der Waals surface area contributed by atoms with Crippen LogP contribution in [0.1, 0.15) is 30.1 Å². The van der Waals surface area contributed by atoms with Crippen LogP contribution in [0.4, 0.5) is 0 Å². The van der Waals surface area contributed by atoms with Crippen molar-refractivity contribution in [2.75, 3.05) is 13.7 Å². The van der Waals surface area contributed by atoms with Gasteiger partial charge in [-0.15, -0.1) is 0 Å². The van der Waals surface area contributed by atoms with Crippen molar-refractivity contribution in [3.63, 3.8) is 0 Å². The number of carbonyl (C=O) groups is 1. The molecule has 0 bridgehead atoms. The monoisotopic (exact) mass is 249 g/mol. The molecule has 2 rings (SSSR count). The third kappa shape index (κ3) is 3.01. The molecule has 1 aromatic carbocycles. The predicted molar refractivity (Wildman–Crippen MR) is 68.9 cm³/mol. The van der Waals surface area contributed by atoms with E-state index in [4.69, 9.17) is 9.47 Å². The van der Waals surface area contributed by atoms with Gasteiger partial charge in [-0.05, 0) is 44.0 Å². The number of nitrogens with one attached hydrogen (secondary N) is 1. The Hall–Kier alpha value is -1.55. The molecule has 0 aromatic heterocycles. The van der Waals surface area contributed by atoms with Crippen molar-refractivity contribution in [3.8, 4) is 5.75 Å². The van der Waals surface area contributed by atoms with E-state index in [1.54, 1.807) is 31.4 Å². The summed E-state index contributed by atoms with van der Waals surface area (Å²) in [5.74, 6) is 0.680. The summed E-state index contributed by atoms with van der Waals surface area (Å²) in [4.78, 5) is 12.0. The molecule has 1 aliphatic heterocycles. The van der Waals surface area contributed by atoms with Gasteiger partial charge in [-0.1, -0.05) is 0 Å². The standard InChI is InChI=1S/C14H19NO3/c1-10(13-4-3-9-18-13)15-14(16)11-5-7-12(17-2)8-6-11/h5-8,10,13H,3-4,9H2,1-2H3,(H,15,16)/t10-,13+/m1/s1. The maximum Gasteiger partial charge on any atom is 0.251 e. The number of hydrogen-bond acceptors (Lipinski definition) is 3. The average Bonchev–Trinajstić information content (AvgIpc) is 2.92. The Morgan fingerprint density at radius 2 is 2.17 bits per heavy atom. The Balaban J connectivity index is 1.93. The van der Waals surface area contributed by atoms with E-state index < -0.39 is 0 Å². The number of carbonyl (C=O) groups excluding carboxylic acids is 1. The second kappa shape index (κ2) is 5.87. The van der Waals surface area contributed by atoms with E-state index >= 15 is 0 Å². The molecule has 98 valence electrons. The second-order valence-electron chi connectivity index (χ2n) is 4.54. The molecule has 4 nitrogen and oxygen atoms in total. The molecule has 4 heteroatoms. The summed E-state index contributed by atoms with van der Waals surface area (Å²) in [5, 5.41) is 2.97. The molecule has 0 unspecified atom stereocenters. The van der Waals surface area contributed by atoms with Crippen molar-refractivity contribution in [3.05, 3.63) is 29.8 Å². The summed E-state index contributed by atoms with van der Waals surface area (Å²) in [6.07, 6.45) is 2.24. The summed E-state index contributed by atoms with van der Waals surface area (Å²) in [5.41, 5.74) is 0.639. The van der Waals surface area contributed by atoms with E-state index in [1.807, 2.05) is 6.92 Å². The van der Waals surface area contributed by atoms with Gasteiger partial charge in [0.2, 0.25) is 0 Å². The van der Waals surface area contributed by atoms with Crippen LogP contribution in [-0.4, -0.2) is 31.8 Å². The quantitative estimate of drug-likeness (QED) is 0.887. The summed E-state index contributed by atoms with van der Waals surface area (Å²) in [6.45, 7) is 2.78. The fourth-order valence-electron chi connectivity index (χ4n) is 2.12. The van der Waals surface area contributed by atoms with Crippen LogP contribution in [0.5, 0.6) is 5.75 Å². The van der Waals surface area contributed by atoms with Gasteiger partial charge in [0.05, 0.1) is 19.3 Å². The van der Waals surface area contributed by atoms with Crippen LogP contribution in [0.15, 0.2) is 24.3 Å². The Labute approximate surface area is 107 Å². The minimum atomic E-state index is -0.0688. The Bertz CT molecular complexity index is 396. The molecule has 1 saturated heterocycles. The number of rotatable bonds is 4. The maximum atomic E-state index is 12.0. The Kier molecular flexibility index (Phi) is 4.20. The van der Waals surface area contributed by atoms with Gasteiger partial charge in [0.15, 0.2) is 0 Å². The van der Waals surface area contributed by atoms with E-state index in [9.17, 15) is 4.79 Å². The molecule has 0 saturated carbocycles. The van der Waals surface area contributed by atoms with E-state index in [2.05, 4.69) is 5.32 Å². The highest BCUT2D eigenvalue weighted by molar-refractivity contribution is 5.94. The van der Waals surface area contributed by atoms with E-state index in [0.29, 0.717) is 5.56 Å². The molecule has 1 heterocycles. The number of hydrogen-bond donors (Lipinski definition) is 1. The van der Waals surface area contributed by atoms with Crippen molar-refractivity contribution in [2.45, 2.75) is 31.9 Å². The molecular weight excluding hydrogens is 230 g/mol. The molecule has 18 heavy (non-hydrogen) atoms. The van der Waals surface area contributed by atoms with E-state index in [1.165, 1.54) is 0 Å². The van der Waals surface area contributed by atoms with Crippen LogP contribution >= 0.6 is 0 Å². The van der Waals surface area contributed by atoms with Gasteiger partial charge in [0.25, 0.3) is 5.91 Å². The van der Waals surface area contributed by atoms with Crippen molar-refractivity contribution in [2.24, 2.45) is 0 Å². The van der Waals surface area contributed by atoms with Crippen molar-refractivity contribution >= 4 is 5.91 Å². The lowest BCUT2D eigenvalue weighted by Gasteiger charge is -2.20. The van der Waals surface area contributed by atoms with Crippen LogP contribution in [0.2, 0.25) is 0 Å². The lowest BCUT2D eigenvalue weighted by Crippen LogP contribution is -2.40. The highest BCUT2D eigenvalue weighted by atomic mass is 16.5. The molecule has 1 aromatic rings. The van der Waals surface area contributed by atoms with Crippen molar-refractivity contribution in [1.29, 1.82) is 0 Å². The summed E-state index contributed by atoms with van der Waals surface area (Å²) < 4.78 is 10.6. The van der Waals surface area contributed by atoms with Gasteiger partial charge in [0.1, 0.15) is 5.75 Å². The largest absolute Gasteiger partial charge is 0.497 e. The zero-order valence-electron chi connectivity index (χ0n) is 10.8. The Morgan fingerprint density at radius 1 is 1.44 bits per heavy atom. The van der Waals surface area contributed by atoms with Gasteiger partial charge >= 0.3 is 0 Å². The summed E-state index contributed by atoms with van der Waals surface area (Å²) in [7, 11) is 1.61. The van der Waals surface area contributed by atoms with Crippen LogP contribution in [0, 0.1) is 0 Å². The number of amides is 1. The van der Waals surface area contributed by atoms with E-state index in [0.717, 1.165) is 25.2 Å². The molecule has 0 radical (unpaired) electrons. The van der Waals surface area contributed by atoms with Crippen LogP contribution in [0.25, 0.3) is 0 Å². The molecule has 1 aliphatic rings. The third-order valence-electron chi connectivity index (χ3n) is 3.23. The predicted octanol–water partition coefficient (Wildman–Crippen LogP) is 1.99. The smallest absolute Gasteiger partial charge is 0.251 e. The summed E-state index contributed by atoms with van der Waals surface area (Å²) >= 11 is 0. The topological polar surface area (TPSA) is 47.6 Å². The number of ether oxygens (including phenoxy) is 2. The first-order valence-corrected chi connectivity index (χ1v) is 6.27. The first-order chi connectivity index (χ1) is 8.70. The fourth-order valence-corrected chi connectivity index (χ4v) is 2.12. The van der Waals surface area contributed by atoms with Crippen molar-refractivity contribution in [1.82, 2.24) is 5.32 Å². The molecule has 0 aliphatic carbocycles. The maximum absolute atomic E-state index is 12.0. The normalized spacial score (nSPS) is 20.4. The zero-order chi connectivity index (χ0) is 13.0. The van der Waals surface area contributed by atoms with Gasteiger partial charge in [-0.2, -0.15) is 0 Å². The second-order valence-corrected chi connectivity index (χ2v) is 4.54. The Morgan fingerprint density at radius 3 is 2.72 bits per heavy atom. The van der Waals surface area contributed by atoms with Crippen LogP contribution in [0.3, 0.4) is 0 Å². The highest BCUT2D eigenvalue weighted by Crippen LogP contribution is 2.16. The summed E-state index contributed by atoms with van der Waals surface area (Å²) in [6, 6.07) is 7.13. The van der Waals surface area contributed by atoms with Gasteiger partial charge in [-0.25, -0.2) is 0 Å². The molecule has 1 N–H and O–H groups in total. The van der Waals surface area contributed by atoms with E-state index in [-0.39, 0.29) is 18.1 Å². The van der Waals surface area contributed by atoms with Crippen LogP contribution < -0.4 is 10.1 Å². The highest BCUT2D eigenvalue weighted by Gasteiger charge is 2.23. The third-order valence-corrected chi connectivity index (χ3v) is 3.23. The van der Waals surface area contributed by atoms with Gasteiger partial charge in [0, 0.05) is 12.2 Å². The molecule has 0 spiro atoms. The van der Waals surface area contributed by atoms with Crippen LogP contribution in [-0.2, 0) is 4.74 Å². The molecular formula is C14H19NO3. The zero-order valence-corrected chi connectivity index (χ0v) is 10.8. The first-order valence-electron chi connectivity index (χ1n) is 6.27. The van der Waals surface area contributed by atoms with Gasteiger partial charge in [-0.3, -0.25) is 4.79 Å². The minimum absolute atomic E-state index is 0.0436. The number of benzene rings is 1.